The largest absolute Gasteiger partial charge is 0.494 e. The number of rotatable bonds is 9. The van der Waals surface area contributed by atoms with Gasteiger partial charge in [0.25, 0.3) is 0 Å². The highest BCUT2D eigenvalue weighted by molar-refractivity contribution is 5.57. The van der Waals surface area contributed by atoms with Crippen molar-refractivity contribution in [2.75, 3.05) is 37.7 Å². The number of hydrogen-bond acceptors (Lipinski definition) is 6. The van der Waals surface area contributed by atoms with Gasteiger partial charge in [-0.3, -0.25) is 9.69 Å². The Bertz CT molecular complexity index is 1180. The molecule has 2 aliphatic rings. The molecule has 0 spiro atoms. The summed E-state index contributed by atoms with van der Waals surface area (Å²) in [6.45, 7) is 7.26. The minimum absolute atomic E-state index is 0.0948. The van der Waals surface area contributed by atoms with Crippen LogP contribution in [0.2, 0.25) is 0 Å². The van der Waals surface area contributed by atoms with E-state index in [0.29, 0.717) is 5.75 Å². The van der Waals surface area contributed by atoms with Crippen molar-refractivity contribution >= 4 is 5.69 Å². The first-order chi connectivity index (χ1) is 18.2. The molecule has 7 heteroatoms. The molecule has 0 atom stereocenters. The lowest BCUT2D eigenvalue weighted by atomic mass is 9.98. The van der Waals surface area contributed by atoms with E-state index >= 15 is 0 Å². The van der Waals surface area contributed by atoms with Crippen molar-refractivity contribution in [1.82, 2.24) is 14.7 Å². The zero-order valence-electron chi connectivity index (χ0n) is 21.8. The third-order valence-corrected chi connectivity index (χ3v) is 7.27. The van der Waals surface area contributed by atoms with E-state index in [-0.39, 0.29) is 11.7 Å². The fourth-order valence-electron chi connectivity index (χ4n) is 5.18. The highest BCUT2D eigenvalue weighted by Crippen LogP contribution is 2.30. The average Bonchev–Trinajstić information content (AvgIpc) is 2.95. The van der Waals surface area contributed by atoms with Gasteiger partial charge < -0.3 is 14.4 Å². The Morgan fingerprint density at radius 2 is 1.65 bits per heavy atom. The standard InChI is InChI=1S/C30H38N4O3/c1-2-21-36-26-15-13-24(14-16-26)23-32-17-19-33(20-18-32)28-22-31-34(25-9-5-3-6-10-25)30(35)29(28)37-27-11-7-4-8-12-27/h3,5-6,9-10,13-16,22,27H,2,4,7-8,11-12,17-21,23H2,1H3. The SMILES string of the molecule is CCCOc1ccc(CN2CCN(c3cnn(-c4ccccc4)c(=O)c3OC3CCCCC3)CC2)cc1. The van der Waals surface area contributed by atoms with Gasteiger partial charge >= 0.3 is 5.56 Å². The van der Waals surface area contributed by atoms with Crippen LogP contribution >= 0.6 is 0 Å². The fraction of sp³-hybridized carbons (Fsp3) is 0.467. The first-order valence-corrected chi connectivity index (χ1v) is 13.7. The summed E-state index contributed by atoms with van der Waals surface area (Å²) < 4.78 is 13.6. The Morgan fingerprint density at radius 1 is 0.919 bits per heavy atom. The van der Waals surface area contributed by atoms with Gasteiger partial charge in [0.2, 0.25) is 5.75 Å². The summed E-state index contributed by atoms with van der Waals surface area (Å²) in [6.07, 6.45) is 8.48. The van der Waals surface area contributed by atoms with Crippen molar-refractivity contribution in [2.24, 2.45) is 0 Å². The molecule has 0 amide bonds. The minimum atomic E-state index is -0.179. The van der Waals surface area contributed by atoms with Crippen molar-refractivity contribution in [1.29, 1.82) is 0 Å². The molecule has 7 nitrogen and oxygen atoms in total. The van der Waals surface area contributed by atoms with Gasteiger partial charge in [0.1, 0.15) is 11.4 Å². The van der Waals surface area contributed by atoms with Crippen LogP contribution in [0.1, 0.15) is 51.0 Å². The van der Waals surface area contributed by atoms with Gasteiger partial charge in [0.05, 0.1) is 24.6 Å². The maximum absolute atomic E-state index is 13.6. The molecular weight excluding hydrogens is 464 g/mol. The second kappa shape index (κ2) is 12.3. The maximum atomic E-state index is 13.6. The maximum Gasteiger partial charge on any atom is 0.316 e. The summed E-state index contributed by atoms with van der Waals surface area (Å²) in [5.41, 5.74) is 2.68. The zero-order valence-corrected chi connectivity index (χ0v) is 21.8. The van der Waals surface area contributed by atoms with Gasteiger partial charge in [-0.2, -0.15) is 9.78 Å². The van der Waals surface area contributed by atoms with Crippen molar-refractivity contribution in [3.8, 4) is 17.2 Å². The number of para-hydroxylation sites is 1. The number of piperazine rings is 1. The molecule has 2 aromatic carbocycles. The normalized spacial score (nSPS) is 17.1. The van der Waals surface area contributed by atoms with E-state index in [9.17, 15) is 4.79 Å². The molecule has 0 bridgehead atoms. The molecule has 1 aliphatic heterocycles. The smallest absolute Gasteiger partial charge is 0.316 e. The lowest BCUT2D eigenvalue weighted by molar-refractivity contribution is 0.152. The lowest BCUT2D eigenvalue weighted by Gasteiger charge is -2.37. The topological polar surface area (TPSA) is 59.8 Å². The predicted molar refractivity (Wildman–Crippen MR) is 147 cm³/mol. The Morgan fingerprint density at radius 3 is 2.35 bits per heavy atom. The van der Waals surface area contributed by atoms with E-state index < -0.39 is 0 Å². The second-order valence-corrected chi connectivity index (χ2v) is 10.0. The molecule has 1 saturated heterocycles. The van der Waals surface area contributed by atoms with Gasteiger partial charge in [0.15, 0.2) is 0 Å². The number of anilines is 1. The molecular formula is C30H38N4O3. The van der Waals surface area contributed by atoms with Crippen LogP contribution in [0.15, 0.2) is 65.6 Å². The summed E-state index contributed by atoms with van der Waals surface area (Å²) in [5, 5.41) is 4.55. The van der Waals surface area contributed by atoms with Crippen LogP contribution in [0.5, 0.6) is 11.5 Å². The molecule has 0 N–H and O–H groups in total. The summed E-state index contributed by atoms with van der Waals surface area (Å²) >= 11 is 0. The van der Waals surface area contributed by atoms with Gasteiger partial charge in [-0.1, -0.05) is 43.7 Å². The van der Waals surface area contributed by atoms with Crippen LogP contribution in [0, 0.1) is 0 Å². The number of nitrogens with zero attached hydrogens (tertiary/aromatic N) is 4. The number of aromatic nitrogens is 2. The highest BCUT2D eigenvalue weighted by atomic mass is 16.5. The van der Waals surface area contributed by atoms with Crippen LogP contribution < -0.4 is 19.9 Å². The first-order valence-electron chi connectivity index (χ1n) is 13.7. The number of ether oxygens (including phenoxy) is 2. The molecule has 37 heavy (non-hydrogen) atoms. The molecule has 1 aromatic heterocycles. The van der Waals surface area contributed by atoms with Crippen LogP contribution in [0.25, 0.3) is 5.69 Å². The van der Waals surface area contributed by atoms with Gasteiger partial charge in [-0.15, -0.1) is 0 Å². The van der Waals surface area contributed by atoms with Crippen molar-refractivity contribution < 1.29 is 9.47 Å². The fourth-order valence-corrected chi connectivity index (χ4v) is 5.18. The molecule has 5 rings (SSSR count). The monoisotopic (exact) mass is 502 g/mol. The Balaban J connectivity index is 1.29. The van der Waals surface area contributed by atoms with Crippen LogP contribution in [-0.4, -0.2) is 53.6 Å². The molecule has 2 fully saturated rings. The average molecular weight is 503 g/mol. The van der Waals surface area contributed by atoms with E-state index in [1.54, 1.807) is 0 Å². The van der Waals surface area contributed by atoms with E-state index in [2.05, 4.69) is 46.1 Å². The minimum Gasteiger partial charge on any atom is -0.494 e. The number of hydrogen-bond donors (Lipinski definition) is 0. The van der Waals surface area contributed by atoms with Crippen LogP contribution in [0.4, 0.5) is 5.69 Å². The third-order valence-electron chi connectivity index (χ3n) is 7.27. The van der Waals surface area contributed by atoms with E-state index in [1.807, 2.05) is 36.5 Å². The highest BCUT2D eigenvalue weighted by Gasteiger charge is 2.26. The van der Waals surface area contributed by atoms with Gasteiger partial charge in [0, 0.05) is 32.7 Å². The summed E-state index contributed by atoms with van der Waals surface area (Å²) in [6, 6.07) is 18.0. The van der Waals surface area contributed by atoms with E-state index in [0.717, 1.165) is 88.6 Å². The van der Waals surface area contributed by atoms with Gasteiger partial charge in [-0.25, -0.2) is 0 Å². The zero-order chi connectivity index (χ0) is 25.5. The Labute approximate surface area is 219 Å². The van der Waals surface area contributed by atoms with Gasteiger partial charge in [-0.05, 0) is 61.9 Å². The molecule has 1 aliphatic carbocycles. The first kappa shape index (κ1) is 25.3. The Kier molecular flexibility index (Phi) is 8.41. The molecule has 3 aromatic rings. The van der Waals surface area contributed by atoms with E-state index in [1.165, 1.54) is 16.7 Å². The van der Waals surface area contributed by atoms with Crippen LogP contribution in [0.3, 0.4) is 0 Å². The summed E-state index contributed by atoms with van der Waals surface area (Å²) in [4.78, 5) is 18.4. The van der Waals surface area contributed by atoms with Crippen molar-refractivity contribution in [3.05, 3.63) is 76.7 Å². The Hall–Kier alpha value is -3.32. The molecule has 1 saturated carbocycles. The molecule has 196 valence electrons. The molecule has 2 heterocycles. The van der Waals surface area contributed by atoms with Crippen molar-refractivity contribution in [2.45, 2.75) is 58.1 Å². The second-order valence-electron chi connectivity index (χ2n) is 10.0. The number of benzene rings is 2. The van der Waals surface area contributed by atoms with Crippen LogP contribution in [-0.2, 0) is 6.54 Å². The predicted octanol–water partition coefficient (Wildman–Crippen LogP) is 5.06. The van der Waals surface area contributed by atoms with Crippen molar-refractivity contribution in [3.63, 3.8) is 0 Å². The summed E-state index contributed by atoms with van der Waals surface area (Å²) in [5.74, 6) is 1.38. The van der Waals surface area contributed by atoms with E-state index in [4.69, 9.17) is 9.47 Å². The quantitative estimate of drug-likeness (QED) is 0.408. The molecule has 0 unspecified atom stereocenters. The molecule has 0 radical (unpaired) electrons. The summed E-state index contributed by atoms with van der Waals surface area (Å²) in [7, 11) is 0. The third kappa shape index (κ3) is 6.34. The lowest BCUT2D eigenvalue weighted by Crippen LogP contribution is -2.46.